The van der Waals surface area contributed by atoms with Crippen molar-refractivity contribution in [3.05, 3.63) is 229 Å². The lowest BCUT2D eigenvalue weighted by molar-refractivity contribution is 0.470. The number of nitrogens with zero attached hydrogens (tertiary/aromatic N) is 9. The van der Waals surface area contributed by atoms with Gasteiger partial charge in [-0.3, -0.25) is 13.7 Å². The molecule has 0 saturated heterocycles. The Morgan fingerprint density at radius 2 is 1.08 bits per heavy atom. The lowest BCUT2D eigenvalue weighted by atomic mass is 9.94. The summed E-state index contributed by atoms with van der Waals surface area (Å²) in [7, 11) is 0. The average molecular weight is 1020 g/mol. The van der Waals surface area contributed by atoms with Crippen molar-refractivity contribution in [2.45, 2.75) is 32.5 Å². The van der Waals surface area contributed by atoms with Crippen molar-refractivity contribution in [1.82, 2.24) is 38.5 Å². The van der Waals surface area contributed by atoms with Gasteiger partial charge in [0, 0.05) is 54.7 Å². The smallest absolute Gasteiger partial charge is 0.238 e. The van der Waals surface area contributed by atoms with Gasteiger partial charge in [-0.25, -0.2) is 9.98 Å². The number of rotatable bonds is 4. The largest absolute Gasteiger partial charge is 0.316 e. The lowest BCUT2D eigenvalue weighted by Crippen LogP contribution is -2.41. The van der Waals surface area contributed by atoms with Crippen LogP contribution in [-0.2, 0) is 12.8 Å². The molecule has 0 radical (unpaired) electrons. The molecule has 1 aliphatic heterocycles. The third-order valence-corrected chi connectivity index (χ3v) is 16.7. The van der Waals surface area contributed by atoms with Gasteiger partial charge in [0.25, 0.3) is 0 Å². The number of para-hydroxylation sites is 4. The molecule has 3 aliphatic rings. The van der Waals surface area contributed by atoms with E-state index in [9.17, 15) is 0 Å². The van der Waals surface area contributed by atoms with Gasteiger partial charge in [0.15, 0.2) is 11.6 Å². The van der Waals surface area contributed by atoms with E-state index in [4.69, 9.17) is 24.9 Å². The van der Waals surface area contributed by atoms with Gasteiger partial charge in [0.2, 0.25) is 24.2 Å². The van der Waals surface area contributed by atoms with Crippen molar-refractivity contribution < 1.29 is 0 Å². The molecule has 1 N–H and O–H groups in total. The number of fused-ring (bicyclic) bond motifs is 15. The highest BCUT2D eigenvalue weighted by atomic mass is 15.4. The highest BCUT2D eigenvalue weighted by molar-refractivity contribution is 6.21. The molecule has 9 aromatic carbocycles. The minimum atomic E-state index is -0.608. The Hall–Kier alpha value is -10.2. The van der Waals surface area contributed by atoms with Crippen LogP contribution in [0.1, 0.15) is 42.1 Å². The standard InChI is InChI=1S/C69H48N10/c1-41-30-35-54-61(38-41)78(69-74-67(76-55-25-11-6-20-48(55)49-21-7-12-26-56(49)76)73-68(75-69)77-57-27-13-8-22-50(57)51-23-9-14-28-58(51)77)60-37-36-53-52-24-10-15-29-59(52)79(63(53)62(54)60)66-71-64(46-33-31-42-16-2-4-18-44(42)39-46)70-65(72-66)47-34-32-43-17-3-5-19-45(43)40-47/h2-8,10-22,24-37,39-41,69H,9,23,38H2,1H3,(H,73,74,75). The number of aryl methyl sites for hydroxylation is 1. The minimum Gasteiger partial charge on any atom is -0.316 e. The first kappa shape index (κ1) is 44.0. The van der Waals surface area contributed by atoms with E-state index >= 15 is 0 Å². The average Bonchev–Trinajstić information content (AvgIpc) is 4.44. The highest BCUT2D eigenvalue weighted by Crippen LogP contribution is 2.44. The predicted octanol–water partition coefficient (Wildman–Crippen LogP) is 15.7. The van der Waals surface area contributed by atoms with Gasteiger partial charge in [-0.1, -0.05) is 177 Å². The van der Waals surface area contributed by atoms with Gasteiger partial charge >= 0.3 is 0 Å². The first-order valence-corrected chi connectivity index (χ1v) is 27.3. The molecule has 14 aromatic rings. The number of hydrogen-bond acceptors (Lipinski definition) is 6. The summed E-state index contributed by atoms with van der Waals surface area (Å²) in [5.41, 5.74) is 13.0. The maximum atomic E-state index is 5.80. The van der Waals surface area contributed by atoms with E-state index in [0.29, 0.717) is 29.5 Å². The van der Waals surface area contributed by atoms with Crippen LogP contribution in [0.25, 0.3) is 128 Å². The summed E-state index contributed by atoms with van der Waals surface area (Å²) in [6, 6.07) is 69.1. The van der Waals surface area contributed by atoms with E-state index in [1.807, 2.05) is 0 Å². The number of benzene rings is 9. The molecule has 79 heavy (non-hydrogen) atoms. The summed E-state index contributed by atoms with van der Waals surface area (Å²) < 4.78 is 9.33. The van der Waals surface area contributed by atoms with Crippen LogP contribution in [0.15, 0.2) is 216 Å². The molecule has 17 rings (SSSR count). The predicted molar refractivity (Wildman–Crippen MR) is 324 cm³/mol. The molecule has 10 heteroatoms. The third kappa shape index (κ3) is 6.61. The molecule has 2 atom stereocenters. The molecule has 6 heterocycles. The maximum absolute atomic E-state index is 5.80. The van der Waals surface area contributed by atoms with Crippen LogP contribution in [0.5, 0.6) is 0 Å². The second kappa shape index (κ2) is 16.9. The van der Waals surface area contributed by atoms with E-state index in [0.717, 1.165) is 112 Å². The van der Waals surface area contributed by atoms with E-state index in [-0.39, 0.29) is 5.92 Å². The summed E-state index contributed by atoms with van der Waals surface area (Å²) >= 11 is 0. The summed E-state index contributed by atoms with van der Waals surface area (Å²) in [6.45, 7) is 2.31. The molecule has 2 aliphatic carbocycles. The normalized spacial score (nSPS) is 16.2. The molecule has 5 aromatic heterocycles. The van der Waals surface area contributed by atoms with Gasteiger partial charge in [-0.15, -0.1) is 0 Å². The van der Waals surface area contributed by atoms with E-state index in [1.165, 1.54) is 27.4 Å². The summed E-state index contributed by atoms with van der Waals surface area (Å²) in [6.07, 6.45) is 11.4. The van der Waals surface area contributed by atoms with Crippen molar-refractivity contribution in [1.29, 1.82) is 0 Å². The third-order valence-electron chi connectivity index (χ3n) is 16.7. The quantitative estimate of drug-likeness (QED) is 0.190. The maximum Gasteiger partial charge on any atom is 0.238 e. The molecule has 0 amide bonds. The van der Waals surface area contributed by atoms with Crippen molar-refractivity contribution in [3.63, 3.8) is 0 Å². The molecule has 374 valence electrons. The van der Waals surface area contributed by atoms with E-state index in [1.54, 1.807) is 0 Å². The Labute approximate surface area is 453 Å². The van der Waals surface area contributed by atoms with Crippen LogP contribution in [0.4, 0.5) is 0 Å². The number of allylic oxidation sites excluding steroid dienone is 2. The first-order chi connectivity index (χ1) is 39.1. The van der Waals surface area contributed by atoms with Crippen LogP contribution in [0.2, 0.25) is 0 Å². The SMILES string of the molecule is CC1C=Cc2c(n(C3N=C(n4c5c(c6ccccc64)CCC=C5)N=C(n4c5ccccc5c5ccccc54)N3)c3ccc4c5ccccc5n(-c5nc(-c6ccc7ccccc7c6)nc(-c6ccc7ccccc7c6)n5)c4c23)C1. The fraction of sp³-hybridized carbons (Fsp3) is 0.0870. The number of hydrogen-bond donors (Lipinski definition) is 1. The number of nitrogens with one attached hydrogen (secondary N) is 1. The van der Waals surface area contributed by atoms with E-state index < -0.39 is 6.29 Å². The van der Waals surface area contributed by atoms with Crippen LogP contribution >= 0.6 is 0 Å². The second-order valence-corrected chi connectivity index (χ2v) is 21.3. The van der Waals surface area contributed by atoms with Crippen molar-refractivity contribution in [2.24, 2.45) is 15.9 Å². The topological polar surface area (TPSA) is 95.1 Å². The first-order valence-electron chi connectivity index (χ1n) is 27.3. The molecule has 0 fully saturated rings. The highest BCUT2D eigenvalue weighted by Gasteiger charge is 2.33. The molecule has 0 bridgehead atoms. The van der Waals surface area contributed by atoms with Gasteiger partial charge in [0.1, 0.15) is 0 Å². The molecule has 10 nitrogen and oxygen atoms in total. The summed E-state index contributed by atoms with van der Waals surface area (Å²) in [5.74, 6) is 3.36. The molecule has 2 unspecified atom stereocenters. The lowest BCUT2D eigenvalue weighted by Gasteiger charge is -2.29. The van der Waals surface area contributed by atoms with Crippen LogP contribution in [0.3, 0.4) is 0 Å². The Morgan fingerprint density at radius 1 is 0.506 bits per heavy atom. The Kier molecular flexibility index (Phi) is 9.41. The zero-order valence-corrected chi connectivity index (χ0v) is 43.1. The van der Waals surface area contributed by atoms with Gasteiger partial charge in [0.05, 0.1) is 38.8 Å². The zero-order chi connectivity index (χ0) is 51.9. The zero-order valence-electron chi connectivity index (χ0n) is 43.1. The van der Waals surface area contributed by atoms with Crippen molar-refractivity contribution >= 4 is 111 Å². The number of aromatic nitrogens is 7. The molecule has 0 saturated carbocycles. The Bertz CT molecular complexity index is 4920. The molecular weight excluding hydrogens is 969 g/mol. The second-order valence-electron chi connectivity index (χ2n) is 21.3. The Morgan fingerprint density at radius 3 is 1.73 bits per heavy atom. The van der Waals surface area contributed by atoms with Crippen molar-refractivity contribution in [2.75, 3.05) is 0 Å². The Balaban J connectivity index is 0.946. The van der Waals surface area contributed by atoms with Gasteiger partial charge in [-0.05, 0) is 101 Å². The van der Waals surface area contributed by atoms with Crippen LogP contribution in [-0.4, -0.2) is 45.1 Å². The molecule has 0 spiro atoms. The van der Waals surface area contributed by atoms with Crippen LogP contribution in [0, 0.1) is 5.92 Å². The summed E-state index contributed by atoms with van der Waals surface area (Å²) in [5, 5.41) is 15.5. The van der Waals surface area contributed by atoms with Gasteiger partial charge < -0.3 is 9.88 Å². The van der Waals surface area contributed by atoms with Crippen LogP contribution < -0.4 is 5.32 Å². The monoisotopic (exact) mass is 1020 g/mol. The van der Waals surface area contributed by atoms with E-state index in [2.05, 4.69) is 249 Å². The minimum absolute atomic E-state index is 0.275. The fourth-order valence-corrected chi connectivity index (χ4v) is 13.1. The number of aliphatic imine (C=N–C) groups is 2. The summed E-state index contributed by atoms with van der Waals surface area (Å²) in [4.78, 5) is 27.7. The van der Waals surface area contributed by atoms with Crippen molar-refractivity contribution in [3.8, 4) is 28.7 Å². The molecular formula is C69H48N10. The van der Waals surface area contributed by atoms with Gasteiger partial charge in [-0.2, -0.15) is 15.0 Å². The fourth-order valence-electron chi connectivity index (χ4n) is 13.1.